The van der Waals surface area contributed by atoms with Crippen LogP contribution in [-0.2, 0) is 56.0 Å². The van der Waals surface area contributed by atoms with E-state index in [0.717, 1.165) is 5.56 Å². The van der Waals surface area contributed by atoms with Crippen LogP contribution in [0.2, 0.25) is 0 Å². The molecule has 10 unspecified atom stereocenters. The van der Waals surface area contributed by atoms with Crippen LogP contribution in [0.5, 0.6) is 0 Å². The predicted molar refractivity (Wildman–Crippen MR) is 286 cm³/mol. The van der Waals surface area contributed by atoms with Crippen LogP contribution in [0.15, 0.2) is 60.7 Å². The monoisotopic (exact) mass is 1040 g/mol. The van der Waals surface area contributed by atoms with E-state index in [-0.39, 0.29) is 62.9 Å². The molecule has 0 saturated carbocycles. The fraction of sp³-hybridized carbons (Fsp3) is 0.632. The molecule has 5 rings (SSSR count). The Labute approximate surface area is 444 Å². The quantitative estimate of drug-likeness (QED) is 0.155. The smallest absolute Gasteiger partial charge is 0.246 e. The van der Waals surface area contributed by atoms with Gasteiger partial charge in [-0.1, -0.05) is 136 Å². The second-order valence-electron chi connectivity index (χ2n) is 22.6. The highest BCUT2D eigenvalue weighted by Crippen LogP contribution is 2.27. The minimum atomic E-state index is -1.24. The molecule has 2 aromatic rings. The zero-order valence-corrected chi connectivity index (χ0v) is 45.9. The van der Waals surface area contributed by atoms with Crippen LogP contribution >= 0.6 is 0 Å². The van der Waals surface area contributed by atoms with Gasteiger partial charge in [-0.25, -0.2) is 0 Å². The predicted octanol–water partition coefficient (Wildman–Crippen LogP) is 3.70. The molecular formula is C57H85N9O9. The number of benzene rings is 2. The highest BCUT2D eigenvalue weighted by Gasteiger charge is 2.45. The number of nitrogens with one attached hydrogen (secondary N) is 7. The van der Waals surface area contributed by atoms with Gasteiger partial charge in [0, 0.05) is 25.9 Å². The molecule has 0 aromatic heterocycles. The highest BCUT2D eigenvalue weighted by molar-refractivity contribution is 5.99. The molecule has 3 fully saturated rings. The average Bonchev–Trinajstić information content (AvgIpc) is 4.07. The van der Waals surface area contributed by atoms with Gasteiger partial charge in [-0.3, -0.25) is 43.2 Å². The van der Waals surface area contributed by atoms with Crippen molar-refractivity contribution in [2.75, 3.05) is 13.1 Å². The van der Waals surface area contributed by atoms with Crippen molar-refractivity contribution >= 4 is 53.2 Å². The van der Waals surface area contributed by atoms with E-state index in [9.17, 15) is 43.2 Å². The lowest BCUT2D eigenvalue weighted by Crippen LogP contribution is -2.62. The van der Waals surface area contributed by atoms with Crippen molar-refractivity contribution in [1.82, 2.24) is 47.0 Å². The van der Waals surface area contributed by atoms with Crippen LogP contribution < -0.4 is 37.2 Å². The van der Waals surface area contributed by atoms with Gasteiger partial charge in [0.15, 0.2) is 0 Å². The highest BCUT2D eigenvalue weighted by atomic mass is 16.2. The van der Waals surface area contributed by atoms with Crippen molar-refractivity contribution < 1.29 is 43.2 Å². The number of amides is 9. The number of fused-ring (bicyclic) bond motifs is 2. The minimum absolute atomic E-state index is 0.0230. The molecule has 0 radical (unpaired) electrons. The van der Waals surface area contributed by atoms with Crippen molar-refractivity contribution in [2.24, 2.45) is 29.6 Å². The zero-order chi connectivity index (χ0) is 55.1. The SMILES string of the molecule is CCC(C)C1NC(=O)C(C(C)C)NC(=O)C(CC(C)C)NC(=O)C(Cc2ccccc2)NC(=O)C(Cc2ccccc2)NC(=O)C2CCCN2C(=O)C2CCCN2C(=O)C(CC(C)C)NC(=O)C(CC(C)C)NC1=O. The maximum Gasteiger partial charge on any atom is 0.246 e. The van der Waals surface area contributed by atoms with Gasteiger partial charge in [0.05, 0.1) is 0 Å². The third-order valence-corrected chi connectivity index (χ3v) is 14.5. The summed E-state index contributed by atoms with van der Waals surface area (Å²) in [6.07, 6.45) is 2.81. The maximum absolute atomic E-state index is 14.7. The van der Waals surface area contributed by atoms with E-state index in [4.69, 9.17) is 0 Å². The summed E-state index contributed by atoms with van der Waals surface area (Å²) < 4.78 is 0. The van der Waals surface area contributed by atoms with E-state index < -0.39 is 119 Å². The molecule has 0 aliphatic carbocycles. The van der Waals surface area contributed by atoms with Gasteiger partial charge < -0.3 is 47.0 Å². The number of carbonyl (C=O) groups excluding carboxylic acids is 9. The lowest BCUT2D eigenvalue weighted by molar-refractivity contribution is -0.148. The Balaban J connectivity index is 1.60. The van der Waals surface area contributed by atoms with E-state index in [1.807, 2.05) is 97.0 Å². The lowest BCUT2D eigenvalue weighted by atomic mass is 9.95. The van der Waals surface area contributed by atoms with Crippen LogP contribution in [0.25, 0.3) is 0 Å². The third-order valence-electron chi connectivity index (χ3n) is 14.5. The number of hydrogen-bond acceptors (Lipinski definition) is 9. The molecule has 412 valence electrons. The van der Waals surface area contributed by atoms with Gasteiger partial charge in [0.1, 0.15) is 54.4 Å². The normalized spacial score (nSPS) is 27.0. The molecule has 0 bridgehead atoms. The van der Waals surface area contributed by atoms with Crippen molar-refractivity contribution in [1.29, 1.82) is 0 Å². The Morgan fingerprint density at radius 2 is 0.800 bits per heavy atom. The Kier molecular flexibility index (Phi) is 22.2. The second kappa shape index (κ2) is 28.0. The first-order valence-electron chi connectivity index (χ1n) is 27.4. The summed E-state index contributed by atoms with van der Waals surface area (Å²) in [5.74, 6) is -6.43. The molecule has 7 N–H and O–H groups in total. The summed E-state index contributed by atoms with van der Waals surface area (Å²) in [6.45, 7) is 19.1. The molecule has 3 saturated heterocycles. The molecule has 2 aromatic carbocycles. The molecule has 3 aliphatic rings. The first kappa shape index (κ1) is 59.5. The molecule has 75 heavy (non-hydrogen) atoms. The fourth-order valence-corrected chi connectivity index (χ4v) is 10.3. The maximum atomic E-state index is 14.7. The molecule has 10 atom stereocenters. The van der Waals surface area contributed by atoms with Gasteiger partial charge in [0.2, 0.25) is 53.2 Å². The summed E-state index contributed by atoms with van der Waals surface area (Å²) in [7, 11) is 0. The zero-order valence-electron chi connectivity index (χ0n) is 45.9. The van der Waals surface area contributed by atoms with E-state index >= 15 is 0 Å². The van der Waals surface area contributed by atoms with Crippen molar-refractivity contribution in [3.8, 4) is 0 Å². The van der Waals surface area contributed by atoms with Crippen molar-refractivity contribution in [3.63, 3.8) is 0 Å². The van der Waals surface area contributed by atoms with E-state index in [1.165, 1.54) is 9.80 Å². The largest absolute Gasteiger partial charge is 0.343 e. The van der Waals surface area contributed by atoms with Gasteiger partial charge >= 0.3 is 0 Å². The van der Waals surface area contributed by atoms with Crippen LogP contribution in [0.3, 0.4) is 0 Å². The van der Waals surface area contributed by atoms with Crippen molar-refractivity contribution in [3.05, 3.63) is 71.8 Å². The summed E-state index contributed by atoms with van der Waals surface area (Å²) in [5.41, 5.74) is 1.44. The number of hydrogen-bond donors (Lipinski definition) is 7. The van der Waals surface area contributed by atoms with Gasteiger partial charge in [0.25, 0.3) is 0 Å². The second-order valence-corrected chi connectivity index (χ2v) is 22.6. The van der Waals surface area contributed by atoms with Gasteiger partial charge in [-0.15, -0.1) is 0 Å². The number of rotatable bonds is 13. The number of carbonyl (C=O) groups is 9. The summed E-state index contributed by atoms with van der Waals surface area (Å²) in [4.78, 5) is 134. The molecule has 0 spiro atoms. The van der Waals surface area contributed by atoms with Crippen molar-refractivity contribution in [2.45, 2.75) is 188 Å². The van der Waals surface area contributed by atoms with Crippen LogP contribution in [0.4, 0.5) is 0 Å². The Hall–Kier alpha value is -6.33. The fourth-order valence-electron chi connectivity index (χ4n) is 10.3. The van der Waals surface area contributed by atoms with E-state index in [0.29, 0.717) is 37.7 Å². The Bertz CT molecular complexity index is 2290. The minimum Gasteiger partial charge on any atom is -0.343 e. The molecule has 18 nitrogen and oxygen atoms in total. The topological polar surface area (TPSA) is 244 Å². The molecule has 18 heteroatoms. The standard InChI is InChI=1S/C57H85N9O9/c1-11-37(10)48-55(73)61-40(28-33(2)3)49(67)62-44(30-35(6)7)56(74)66-27-19-25-46(66)57(75)65-26-18-24-45(65)53(71)60-43(32-39-22-16-13-17-23-39)51(69)59-42(31-38-20-14-12-15-21-38)50(68)58-41(29-34(4)5)52(70)63-47(36(8)9)54(72)64-48/h12-17,20-23,33-37,40-48H,11,18-19,24-32H2,1-10H3,(H,58,68)(H,59,69)(H,60,71)(H,61,73)(H,62,67)(H,63,70)(H,64,72). The number of nitrogens with zero attached hydrogens (tertiary/aromatic N) is 2. The van der Waals surface area contributed by atoms with Gasteiger partial charge in [-0.05, 0) is 85.7 Å². The summed E-state index contributed by atoms with van der Waals surface area (Å²) in [5, 5.41) is 20.3. The third kappa shape index (κ3) is 16.8. The molecular weight excluding hydrogens is 955 g/mol. The molecule has 9 amide bonds. The van der Waals surface area contributed by atoms with Gasteiger partial charge in [-0.2, -0.15) is 0 Å². The average molecular weight is 1040 g/mol. The van der Waals surface area contributed by atoms with E-state index in [1.54, 1.807) is 32.9 Å². The molecule has 3 heterocycles. The van der Waals surface area contributed by atoms with Crippen LogP contribution in [0, 0.1) is 29.6 Å². The summed E-state index contributed by atoms with van der Waals surface area (Å²) in [6, 6.07) is 8.19. The first-order chi connectivity index (χ1) is 35.6. The van der Waals surface area contributed by atoms with Crippen LogP contribution in [-0.4, -0.2) is 130 Å². The first-order valence-corrected chi connectivity index (χ1v) is 27.4. The Morgan fingerprint density at radius 3 is 1.28 bits per heavy atom. The molecule has 3 aliphatic heterocycles. The summed E-state index contributed by atoms with van der Waals surface area (Å²) >= 11 is 0. The van der Waals surface area contributed by atoms with E-state index in [2.05, 4.69) is 37.2 Å². The Morgan fingerprint density at radius 1 is 0.427 bits per heavy atom. The van der Waals surface area contributed by atoms with Crippen LogP contribution in [0.1, 0.15) is 132 Å². The lowest BCUT2D eigenvalue weighted by Gasteiger charge is -2.34.